The molecule has 6 heteroatoms. The third-order valence-electron chi connectivity index (χ3n) is 4.13. The zero-order valence-corrected chi connectivity index (χ0v) is 12.6. The van der Waals surface area contributed by atoms with Crippen LogP contribution in [0.25, 0.3) is 0 Å². The van der Waals surface area contributed by atoms with Crippen molar-refractivity contribution in [3.63, 3.8) is 0 Å². The number of piperazine rings is 1. The first kappa shape index (κ1) is 13.9. The SMILES string of the molecule is CN1CCN(S(=O)(=O)c2cccc3c2CCCN3)CC1. The summed E-state index contributed by atoms with van der Waals surface area (Å²) in [5, 5.41) is 3.29. The molecule has 2 heterocycles. The van der Waals surface area contributed by atoms with Gasteiger partial charge in [-0.1, -0.05) is 6.07 Å². The number of hydrogen-bond acceptors (Lipinski definition) is 4. The van der Waals surface area contributed by atoms with E-state index in [0.717, 1.165) is 43.7 Å². The number of hydrogen-bond donors (Lipinski definition) is 1. The average molecular weight is 295 g/mol. The van der Waals surface area contributed by atoms with Crippen LogP contribution in [0.15, 0.2) is 23.1 Å². The van der Waals surface area contributed by atoms with Gasteiger partial charge in [0.1, 0.15) is 0 Å². The van der Waals surface area contributed by atoms with Crippen molar-refractivity contribution in [2.45, 2.75) is 17.7 Å². The summed E-state index contributed by atoms with van der Waals surface area (Å²) in [4.78, 5) is 2.65. The van der Waals surface area contributed by atoms with Crippen LogP contribution in [0.3, 0.4) is 0 Å². The molecule has 0 aromatic heterocycles. The van der Waals surface area contributed by atoms with E-state index >= 15 is 0 Å². The van der Waals surface area contributed by atoms with E-state index in [1.807, 2.05) is 19.2 Å². The van der Waals surface area contributed by atoms with Gasteiger partial charge in [-0.15, -0.1) is 0 Å². The van der Waals surface area contributed by atoms with Crippen molar-refractivity contribution >= 4 is 15.7 Å². The van der Waals surface area contributed by atoms with Gasteiger partial charge in [-0.2, -0.15) is 4.31 Å². The predicted octanol–water partition coefficient (Wildman–Crippen LogP) is 0.981. The van der Waals surface area contributed by atoms with Crippen LogP contribution in [0.5, 0.6) is 0 Å². The lowest BCUT2D eigenvalue weighted by molar-refractivity contribution is 0.222. The molecule has 2 aliphatic rings. The third kappa shape index (κ3) is 2.43. The molecule has 0 bridgehead atoms. The lowest BCUT2D eigenvalue weighted by atomic mass is 10.0. The number of rotatable bonds is 2. The van der Waals surface area contributed by atoms with Gasteiger partial charge in [-0.3, -0.25) is 0 Å². The fraction of sp³-hybridized carbons (Fsp3) is 0.571. The molecule has 3 rings (SSSR count). The van der Waals surface area contributed by atoms with Crippen molar-refractivity contribution in [1.82, 2.24) is 9.21 Å². The monoisotopic (exact) mass is 295 g/mol. The Balaban J connectivity index is 1.95. The van der Waals surface area contributed by atoms with Crippen LogP contribution in [-0.2, 0) is 16.4 Å². The molecule has 5 nitrogen and oxygen atoms in total. The van der Waals surface area contributed by atoms with Crippen LogP contribution in [-0.4, -0.2) is 57.4 Å². The number of benzene rings is 1. The number of nitrogens with one attached hydrogen (secondary N) is 1. The van der Waals surface area contributed by atoms with Gasteiger partial charge in [-0.25, -0.2) is 8.42 Å². The quantitative estimate of drug-likeness (QED) is 0.884. The second-order valence-corrected chi connectivity index (χ2v) is 7.43. The highest BCUT2D eigenvalue weighted by Gasteiger charge is 2.30. The molecule has 0 amide bonds. The van der Waals surface area contributed by atoms with Crippen molar-refractivity contribution in [1.29, 1.82) is 0 Å². The van der Waals surface area contributed by atoms with Crippen molar-refractivity contribution in [2.75, 3.05) is 45.1 Å². The van der Waals surface area contributed by atoms with Gasteiger partial charge in [-0.05, 0) is 37.6 Å². The van der Waals surface area contributed by atoms with E-state index in [1.54, 1.807) is 10.4 Å². The second kappa shape index (κ2) is 5.35. The lowest BCUT2D eigenvalue weighted by Crippen LogP contribution is -2.47. The Labute approximate surface area is 120 Å². The molecule has 0 spiro atoms. The molecule has 0 atom stereocenters. The number of likely N-dealkylation sites (N-methyl/N-ethyl adjacent to an activating group) is 1. The first-order valence-electron chi connectivity index (χ1n) is 7.13. The summed E-state index contributed by atoms with van der Waals surface area (Å²) < 4.78 is 27.3. The molecule has 1 aromatic carbocycles. The summed E-state index contributed by atoms with van der Waals surface area (Å²) in [6.07, 6.45) is 1.83. The van der Waals surface area contributed by atoms with Gasteiger partial charge in [0.05, 0.1) is 4.90 Å². The second-order valence-electron chi connectivity index (χ2n) is 5.52. The van der Waals surface area contributed by atoms with E-state index in [9.17, 15) is 8.42 Å². The summed E-state index contributed by atoms with van der Waals surface area (Å²) in [6.45, 7) is 3.68. The van der Waals surface area contributed by atoms with Gasteiger partial charge < -0.3 is 10.2 Å². The number of nitrogens with zero attached hydrogens (tertiary/aromatic N) is 2. The Morgan fingerprint density at radius 1 is 1.15 bits per heavy atom. The van der Waals surface area contributed by atoms with Crippen LogP contribution >= 0.6 is 0 Å². The Hall–Kier alpha value is -1.11. The van der Waals surface area contributed by atoms with E-state index in [1.165, 1.54) is 0 Å². The minimum atomic E-state index is -3.36. The fourth-order valence-corrected chi connectivity index (χ4v) is 4.58. The molecule has 2 aliphatic heterocycles. The normalized spacial score (nSPS) is 21.2. The zero-order valence-electron chi connectivity index (χ0n) is 11.8. The lowest BCUT2D eigenvalue weighted by Gasteiger charge is -2.32. The molecule has 1 aromatic rings. The highest BCUT2D eigenvalue weighted by molar-refractivity contribution is 7.89. The van der Waals surface area contributed by atoms with E-state index in [2.05, 4.69) is 10.2 Å². The summed E-state index contributed by atoms with van der Waals surface area (Å²) in [6, 6.07) is 5.55. The van der Waals surface area contributed by atoms with Gasteiger partial charge >= 0.3 is 0 Å². The maximum absolute atomic E-state index is 12.8. The number of sulfonamides is 1. The zero-order chi connectivity index (χ0) is 14.2. The van der Waals surface area contributed by atoms with Crippen molar-refractivity contribution in [2.24, 2.45) is 0 Å². The van der Waals surface area contributed by atoms with Gasteiger partial charge in [0.2, 0.25) is 10.0 Å². The van der Waals surface area contributed by atoms with Crippen molar-refractivity contribution < 1.29 is 8.42 Å². The minimum Gasteiger partial charge on any atom is -0.385 e. The van der Waals surface area contributed by atoms with Gasteiger partial charge in [0.25, 0.3) is 0 Å². The molecular formula is C14H21N3O2S. The van der Waals surface area contributed by atoms with E-state index in [-0.39, 0.29) is 0 Å². The molecule has 0 saturated carbocycles. The first-order valence-corrected chi connectivity index (χ1v) is 8.57. The van der Waals surface area contributed by atoms with E-state index < -0.39 is 10.0 Å². The number of fused-ring (bicyclic) bond motifs is 1. The molecule has 0 unspecified atom stereocenters. The van der Waals surface area contributed by atoms with Crippen LogP contribution in [0.2, 0.25) is 0 Å². The fourth-order valence-electron chi connectivity index (χ4n) is 2.89. The molecular weight excluding hydrogens is 274 g/mol. The van der Waals surface area contributed by atoms with Gasteiger partial charge in [0, 0.05) is 38.4 Å². The highest BCUT2D eigenvalue weighted by Crippen LogP contribution is 2.30. The smallest absolute Gasteiger partial charge is 0.243 e. The summed E-state index contributed by atoms with van der Waals surface area (Å²) >= 11 is 0. The molecule has 0 aliphatic carbocycles. The Bertz CT molecular complexity index is 592. The third-order valence-corrected chi connectivity index (χ3v) is 6.12. The molecule has 0 radical (unpaired) electrons. The van der Waals surface area contributed by atoms with E-state index in [4.69, 9.17) is 0 Å². The van der Waals surface area contributed by atoms with Crippen LogP contribution in [0.4, 0.5) is 5.69 Å². The van der Waals surface area contributed by atoms with Crippen LogP contribution in [0, 0.1) is 0 Å². The van der Waals surface area contributed by atoms with Gasteiger partial charge in [0.15, 0.2) is 0 Å². The van der Waals surface area contributed by atoms with Crippen LogP contribution in [0.1, 0.15) is 12.0 Å². The average Bonchev–Trinajstić information content (AvgIpc) is 2.47. The summed E-state index contributed by atoms with van der Waals surface area (Å²) in [7, 11) is -1.33. The van der Waals surface area contributed by atoms with E-state index in [0.29, 0.717) is 18.0 Å². The van der Waals surface area contributed by atoms with Crippen molar-refractivity contribution in [3.8, 4) is 0 Å². The highest BCUT2D eigenvalue weighted by atomic mass is 32.2. The minimum absolute atomic E-state index is 0.492. The summed E-state index contributed by atoms with van der Waals surface area (Å²) in [5.74, 6) is 0. The molecule has 110 valence electrons. The maximum atomic E-state index is 12.8. The predicted molar refractivity (Wildman–Crippen MR) is 79.5 cm³/mol. The molecule has 1 N–H and O–H groups in total. The molecule has 20 heavy (non-hydrogen) atoms. The first-order chi connectivity index (χ1) is 9.59. The Kier molecular flexibility index (Phi) is 3.70. The summed E-state index contributed by atoms with van der Waals surface area (Å²) in [5.41, 5.74) is 1.93. The standard InChI is InChI=1S/C14H21N3O2S/c1-16-8-10-17(11-9-16)20(18,19)14-6-2-5-13-12(14)4-3-7-15-13/h2,5-6,15H,3-4,7-11H2,1H3. The largest absolute Gasteiger partial charge is 0.385 e. The molecule has 1 saturated heterocycles. The molecule has 1 fully saturated rings. The van der Waals surface area contributed by atoms with Crippen LogP contribution < -0.4 is 5.32 Å². The topological polar surface area (TPSA) is 52.7 Å². The maximum Gasteiger partial charge on any atom is 0.243 e. The van der Waals surface area contributed by atoms with Crippen molar-refractivity contribution in [3.05, 3.63) is 23.8 Å². The number of anilines is 1. The Morgan fingerprint density at radius 3 is 2.65 bits per heavy atom. The Morgan fingerprint density at radius 2 is 1.90 bits per heavy atom.